The summed E-state index contributed by atoms with van der Waals surface area (Å²) in [6.07, 6.45) is 1.04. The Labute approximate surface area is 147 Å². The predicted octanol–water partition coefficient (Wildman–Crippen LogP) is 6.02. The van der Waals surface area contributed by atoms with Crippen molar-refractivity contribution >= 4 is 67.8 Å². The van der Waals surface area contributed by atoms with Crippen molar-refractivity contribution in [2.75, 3.05) is 6.26 Å². The van der Waals surface area contributed by atoms with Gasteiger partial charge < -0.3 is 0 Å². The maximum atomic E-state index is 12.0. The molecular formula is C13H7Cl5O2S. The fourth-order valence-corrected chi connectivity index (χ4v) is 4.30. The Hall–Kier alpha value is -0.160. The van der Waals surface area contributed by atoms with E-state index in [1.807, 2.05) is 0 Å². The minimum absolute atomic E-state index is 0.0567. The van der Waals surface area contributed by atoms with E-state index in [-0.39, 0.29) is 30.0 Å². The smallest absolute Gasteiger partial charge is 0.177 e. The van der Waals surface area contributed by atoms with Crippen LogP contribution in [0.3, 0.4) is 0 Å². The predicted molar refractivity (Wildman–Crippen MR) is 90.0 cm³/mol. The summed E-state index contributed by atoms with van der Waals surface area (Å²) >= 11 is 29.9. The largest absolute Gasteiger partial charge is 0.224 e. The quantitative estimate of drug-likeness (QED) is 0.573. The van der Waals surface area contributed by atoms with E-state index < -0.39 is 9.84 Å². The monoisotopic (exact) mass is 402 g/mol. The first-order valence-electron chi connectivity index (χ1n) is 5.46. The fourth-order valence-electron chi connectivity index (χ4n) is 1.84. The van der Waals surface area contributed by atoms with Crippen LogP contribution in [0.1, 0.15) is 0 Å². The third-order valence-electron chi connectivity index (χ3n) is 2.72. The molecule has 0 aliphatic carbocycles. The third-order valence-corrected chi connectivity index (χ3v) is 5.84. The zero-order chi connectivity index (χ0) is 15.9. The summed E-state index contributed by atoms with van der Waals surface area (Å²) in [5, 5.41) is 0.858. The molecule has 0 saturated heterocycles. The molecule has 0 saturated carbocycles. The summed E-state index contributed by atoms with van der Waals surface area (Å²) < 4.78 is 24.0. The van der Waals surface area contributed by atoms with Gasteiger partial charge in [-0.05, 0) is 18.2 Å². The highest BCUT2D eigenvalue weighted by Crippen LogP contribution is 2.42. The van der Waals surface area contributed by atoms with E-state index in [4.69, 9.17) is 58.0 Å². The molecule has 0 heterocycles. The SMILES string of the molecule is CS(=O)(=O)c1c(-c2cc(Cl)c(Cl)cc2Cl)ccc(Cl)c1Cl. The molecule has 0 fully saturated rings. The van der Waals surface area contributed by atoms with Gasteiger partial charge in [-0.1, -0.05) is 64.1 Å². The maximum absolute atomic E-state index is 12.0. The molecule has 2 nitrogen and oxygen atoms in total. The highest BCUT2D eigenvalue weighted by molar-refractivity contribution is 7.91. The molecule has 0 bridgehead atoms. The Kier molecular flexibility index (Phi) is 5.04. The van der Waals surface area contributed by atoms with E-state index in [9.17, 15) is 8.42 Å². The molecule has 0 amide bonds. The van der Waals surface area contributed by atoms with Crippen molar-refractivity contribution in [2.24, 2.45) is 0 Å². The van der Waals surface area contributed by atoms with Crippen molar-refractivity contribution in [2.45, 2.75) is 4.90 Å². The van der Waals surface area contributed by atoms with Gasteiger partial charge in [0, 0.05) is 17.4 Å². The standard InChI is InChI=1S/C13H7Cl5O2S/c1-21(19,20)13-6(2-3-8(14)12(13)18)7-4-10(16)11(17)5-9(7)15/h2-5H,1H3. The lowest BCUT2D eigenvalue weighted by Gasteiger charge is -2.13. The fraction of sp³-hybridized carbons (Fsp3) is 0.0769. The lowest BCUT2D eigenvalue weighted by Crippen LogP contribution is -2.02. The van der Waals surface area contributed by atoms with E-state index in [2.05, 4.69) is 0 Å². The van der Waals surface area contributed by atoms with Crippen LogP contribution in [0.5, 0.6) is 0 Å². The minimum Gasteiger partial charge on any atom is -0.224 e. The van der Waals surface area contributed by atoms with Crippen molar-refractivity contribution in [1.82, 2.24) is 0 Å². The normalized spacial score (nSPS) is 11.7. The summed E-state index contributed by atoms with van der Waals surface area (Å²) in [6, 6.07) is 5.94. The van der Waals surface area contributed by atoms with Gasteiger partial charge in [0.1, 0.15) is 0 Å². The molecule has 0 atom stereocenters. The molecule has 0 spiro atoms. The summed E-state index contributed by atoms with van der Waals surface area (Å²) in [6.45, 7) is 0. The molecule has 0 aromatic heterocycles. The molecule has 0 aliphatic heterocycles. The Morgan fingerprint density at radius 3 is 1.90 bits per heavy atom. The molecule has 112 valence electrons. The average Bonchev–Trinajstić information content (AvgIpc) is 2.35. The van der Waals surface area contributed by atoms with Crippen LogP contribution in [0.2, 0.25) is 25.1 Å². The van der Waals surface area contributed by atoms with Crippen LogP contribution in [0.25, 0.3) is 11.1 Å². The number of rotatable bonds is 2. The maximum Gasteiger partial charge on any atom is 0.177 e. The number of hydrogen-bond donors (Lipinski definition) is 0. The van der Waals surface area contributed by atoms with Gasteiger partial charge in [0.05, 0.1) is 30.0 Å². The van der Waals surface area contributed by atoms with Crippen molar-refractivity contribution in [3.05, 3.63) is 49.4 Å². The lowest BCUT2D eigenvalue weighted by atomic mass is 10.1. The van der Waals surface area contributed by atoms with Gasteiger partial charge in [-0.3, -0.25) is 0 Å². The zero-order valence-electron chi connectivity index (χ0n) is 10.4. The Morgan fingerprint density at radius 1 is 0.762 bits per heavy atom. The average molecular weight is 405 g/mol. The molecule has 0 aliphatic rings. The van der Waals surface area contributed by atoms with Gasteiger partial charge in [0.2, 0.25) is 0 Å². The molecule has 2 rings (SSSR count). The molecular weight excluding hydrogens is 397 g/mol. The molecule has 2 aromatic rings. The van der Waals surface area contributed by atoms with Crippen LogP contribution in [0.15, 0.2) is 29.2 Å². The van der Waals surface area contributed by atoms with Crippen molar-refractivity contribution in [3.8, 4) is 11.1 Å². The second-order valence-corrected chi connectivity index (χ2v) is 8.22. The summed E-state index contributed by atoms with van der Waals surface area (Å²) in [5.41, 5.74) is 0.723. The number of sulfone groups is 1. The first kappa shape index (κ1) is 17.2. The topological polar surface area (TPSA) is 34.1 Å². The second-order valence-electron chi connectivity index (χ2n) is 4.26. The highest BCUT2D eigenvalue weighted by Gasteiger charge is 2.22. The van der Waals surface area contributed by atoms with Gasteiger partial charge in [-0.2, -0.15) is 0 Å². The van der Waals surface area contributed by atoms with Crippen molar-refractivity contribution in [3.63, 3.8) is 0 Å². The number of benzene rings is 2. The number of halogens is 5. The molecule has 0 N–H and O–H groups in total. The van der Waals surface area contributed by atoms with Gasteiger partial charge in [0.15, 0.2) is 9.84 Å². The van der Waals surface area contributed by atoms with E-state index in [0.717, 1.165) is 6.26 Å². The minimum atomic E-state index is -3.63. The van der Waals surface area contributed by atoms with Crippen molar-refractivity contribution < 1.29 is 8.42 Å². The van der Waals surface area contributed by atoms with Gasteiger partial charge in [-0.15, -0.1) is 0 Å². The van der Waals surface area contributed by atoms with Gasteiger partial charge in [-0.25, -0.2) is 8.42 Å². The first-order chi connectivity index (χ1) is 9.62. The van der Waals surface area contributed by atoms with Crippen LogP contribution in [-0.2, 0) is 9.84 Å². The van der Waals surface area contributed by atoms with E-state index >= 15 is 0 Å². The molecule has 2 aromatic carbocycles. The molecule has 8 heteroatoms. The van der Waals surface area contributed by atoms with E-state index in [1.54, 1.807) is 0 Å². The molecule has 21 heavy (non-hydrogen) atoms. The van der Waals surface area contributed by atoms with Gasteiger partial charge in [0.25, 0.3) is 0 Å². The number of hydrogen-bond acceptors (Lipinski definition) is 2. The van der Waals surface area contributed by atoms with Crippen molar-refractivity contribution in [1.29, 1.82) is 0 Å². The van der Waals surface area contributed by atoms with Gasteiger partial charge >= 0.3 is 0 Å². The van der Waals surface area contributed by atoms with Crippen LogP contribution < -0.4 is 0 Å². The Bertz CT molecular complexity index is 831. The molecule has 0 radical (unpaired) electrons. The van der Waals surface area contributed by atoms with Crippen LogP contribution in [-0.4, -0.2) is 14.7 Å². The second kappa shape index (κ2) is 6.15. The summed E-state index contributed by atoms with van der Waals surface area (Å²) in [4.78, 5) is -0.100. The third kappa shape index (κ3) is 3.44. The Morgan fingerprint density at radius 2 is 1.33 bits per heavy atom. The Balaban J connectivity index is 2.89. The zero-order valence-corrected chi connectivity index (χ0v) is 15.0. The van der Waals surface area contributed by atoms with Crippen LogP contribution in [0.4, 0.5) is 0 Å². The van der Waals surface area contributed by atoms with E-state index in [0.29, 0.717) is 11.1 Å². The van der Waals surface area contributed by atoms with Crippen LogP contribution >= 0.6 is 58.0 Å². The first-order valence-corrected chi connectivity index (χ1v) is 9.24. The van der Waals surface area contributed by atoms with E-state index in [1.165, 1.54) is 24.3 Å². The van der Waals surface area contributed by atoms with Crippen LogP contribution in [0, 0.1) is 0 Å². The highest BCUT2D eigenvalue weighted by atomic mass is 35.5. The lowest BCUT2D eigenvalue weighted by molar-refractivity contribution is 0.602. The summed E-state index contributed by atoms with van der Waals surface area (Å²) in [5.74, 6) is 0. The molecule has 0 unspecified atom stereocenters. The summed E-state index contributed by atoms with van der Waals surface area (Å²) in [7, 11) is -3.63.